The first-order valence-electron chi connectivity index (χ1n) is 8.67. The van der Waals surface area contributed by atoms with E-state index in [1.165, 1.54) is 0 Å². The van der Waals surface area contributed by atoms with Gasteiger partial charge in [0, 0.05) is 43.4 Å². The van der Waals surface area contributed by atoms with Crippen LogP contribution in [0.5, 0.6) is 0 Å². The molecule has 1 saturated heterocycles. The van der Waals surface area contributed by atoms with Gasteiger partial charge in [-0.25, -0.2) is 19.7 Å². The number of thiazole rings is 1. The summed E-state index contributed by atoms with van der Waals surface area (Å²) in [5, 5.41) is 4.16. The zero-order chi connectivity index (χ0) is 17.6. The molecule has 1 fully saturated rings. The van der Waals surface area contributed by atoms with Crippen LogP contribution in [0.2, 0.25) is 0 Å². The highest BCUT2D eigenvalue weighted by atomic mass is 32.1. The Hall–Kier alpha value is -2.22. The van der Waals surface area contributed by atoms with Crippen LogP contribution in [0.4, 0.5) is 10.7 Å². The summed E-state index contributed by atoms with van der Waals surface area (Å²) in [6, 6.07) is 1.80. The number of hydrogen-bond donors (Lipinski definition) is 1. The Morgan fingerprint density at radius 3 is 2.76 bits per heavy atom. The first-order valence-corrected chi connectivity index (χ1v) is 9.49. The predicted molar refractivity (Wildman–Crippen MR) is 98.9 cm³/mol. The number of anilines is 1. The monoisotopic (exact) mass is 360 g/mol. The van der Waals surface area contributed by atoms with Gasteiger partial charge >= 0.3 is 6.03 Å². The quantitative estimate of drug-likeness (QED) is 0.905. The molecule has 8 heteroatoms. The van der Waals surface area contributed by atoms with E-state index < -0.39 is 0 Å². The molecule has 0 aliphatic carbocycles. The second-order valence-electron chi connectivity index (χ2n) is 6.00. The number of amides is 2. The fourth-order valence-electron chi connectivity index (χ4n) is 2.85. The van der Waals surface area contributed by atoms with Crippen LogP contribution in [0.3, 0.4) is 0 Å². The van der Waals surface area contributed by atoms with Crippen LogP contribution < -0.4 is 10.2 Å². The van der Waals surface area contributed by atoms with Gasteiger partial charge in [0.05, 0.1) is 17.2 Å². The summed E-state index contributed by atoms with van der Waals surface area (Å²) in [4.78, 5) is 30.8. The topological polar surface area (TPSA) is 74.2 Å². The molecule has 3 rings (SSSR count). The molecule has 0 atom stereocenters. The zero-order valence-corrected chi connectivity index (χ0v) is 15.6. The van der Waals surface area contributed by atoms with Gasteiger partial charge in [-0.3, -0.25) is 0 Å². The smallest absolute Gasteiger partial charge is 0.317 e. The minimum atomic E-state index is -0.0123. The van der Waals surface area contributed by atoms with Crippen LogP contribution in [0, 0.1) is 6.92 Å². The van der Waals surface area contributed by atoms with Crippen molar-refractivity contribution in [3.8, 4) is 0 Å². The van der Waals surface area contributed by atoms with Gasteiger partial charge < -0.3 is 15.1 Å². The molecule has 2 aromatic rings. The molecule has 0 aromatic carbocycles. The van der Waals surface area contributed by atoms with E-state index in [1.807, 2.05) is 17.9 Å². The molecule has 0 saturated carbocycles. The van der Waals surface area contributed by atoms with Crippen LogP contribution in [0.15, 0.2) is 18.5 Å². The number of rotatable bonds is 4. The van der Waals surface area contributed by atoms with Gasteiger partial charge in [0.1, 0.15) is 0 Å². The molecule has 2 amide bonds. The molecule has 3 heterocycles. The highest BCUT2D eigenvalue weighted by Gasteiger charge is 2.20. The molecular formula is C17H24N6OS. The Morgan fingerprint density at radius 2 is 2.04 bits per heavy atom. The third kappa shape index (κ3) is 4.45. The fourth-order valence-corrected chi connectivity index (χ4v) is 3.80. The zero-order valence-electron chi connectivity index (χ0n) is 14.7. The summed E-state index contributed by atoms with van der Waals surface area (Å²) in [6.45, 7) is 7.67. The lowest BCUT2D eigenvalue weighted by atomic mass is 10.4. The van der Waals surface area contributed by atoms with E-state index in [-0.39, 0.29) is 6.03 Å². The van der Waals surface area contributed by atoms with Crippen molar-refractivity contribution in [1.29, 1.82) is 0 Å². The summed E-state index contributed by atoms with van der Waals surface area (Å²) in [7, 11) is 0. The minimum Gasteiger partial charge on any atom is -0.339 e. The highest BCUT2D eigenvalue weighted by molar-refractivity contribution is 7.11. The van der Waals surface area contributed by atoms with E-state index in [0.29, 0.717) is 13.1 Å². The third-order valence-electron chi connectivity index (χ3n) is 4.26. The lowest BCUT2D eigenvalue weighted by molar-refractivity contribution is 0.201. The summed E-state index contributed by atoms with van der Waals surface area (Å²) >= 11 is 1.68. The van der Waals surface area contributed by atoms with E-state index in [4.69, 9.17) is 0 Å². The van der Waals surface area contributed by atoms with Gasteiger partial charge in [0.15, 0.2) is 0 Å². The lowest BCUT2D eigenvalue weighted by Gasteiger charge is -2.22. The number of carbonyl (C=O) groups excluding carboxylic acids is 1. The lowest BCUT2D eigenvalue weighted by Crippen LogP contribution is -2.41. The molecule has 0 radical (unpaired) electrons. The Bertz CT molecular complexity index is 704. The second-order valence-corrected chi connectivity index (χ2v) is 7.17. The van der Waals surface area contributed by atoms with E-state index in [0.717, 1.165) is 54.0 Å². The summed E-state index contributed by atoms with van der Waals surface area (Å²) < 4.78 is 0. The number of aromatic nitrogens is 3. The van der Waals surface area contributed by atoms with Crippen molar-refractivity contribution in [2.24, 2.45) is 0 Å². The molecule has 0 spiro atoms. The second kappa shape index (κ2) is 8.24. The van der Waals surface area contributed by atoms with Gasteiger partial charge in [-0.2, -0.15) is 0 Å². The minimum absolute atomic E-state index is 0.0123. The SMILES string of the molecule is CCc1nc(C)c(CNC(=O)N2CCCN(c3ncccn3)CC2)s1. The maximum atomic E-state index is 12.5. The summed E-state index contributed by atoms with van der Waals surface area (Å²) in [5.41, 5.74) is 1.02. The highest BCUT2D eigenvalue weighted by Crippen LogP contribution is 2.18. The predicted octanol–water partition coefficient (Wildman–Crippen LogP) is 2.23. The average molecular weight is 360 g/mol. The molecule has 0 unspecified atom stereocenters. The van der Waals surface area contributed by atoms with Crippen LogP contribution in [0.1, 0.15) is 28.9 Å². The Labute approximate surface area is 152 Å². The van der Waals surface area contributed by atoms with Crippen molar-refractivity contribution in [2.75, 3.05) is 31.1 Å². The van der Waals surface area contributed by atoms with E-state index in [1.54, 1.807) is 23.7 Å². The first-order chi connectivity index (χ1) is 12.2. The maximum absolute atomic E-state index is 12.5. The van der Waals surface area contributed by atoms with Gasteiger partial charge in [-0.05, 0) is 25.8 Å². The fraction of sp³-hybridized carbons (Fsp3) is 0.529. The summed E-state index contributed by atoms with van der Waals surface area (Å²) in [5.74, 6) is 0.733. The molecule has 1 N–H and O–H groups in total. The number of carbonyl (C=O) groups is 1. The van der Waals surface area contributed by atoms with Crippen molar-refractivity contribution in [3.63, 3.8) is 0 Å². The van der Waals surface area contributed by atoms with Crippen molar-refractivity contribution >= 4 is 23.3 Å². The number of urea groups is 1. The largest absolute Gasteiger partial charge is 0.339 e. The number of nitrogens with zero attached hydrogens (tertiary/aromatic N) is 5. The van der Waals surface area contributed by atoms with Crippen LogP contribution in [0.25, 0.3) is 0 Å². The van der Waals surface area contributed by atoms with Gasteiger partial charge in [0.25, 0.3) is 0 Å². The van der Waals surface area contributed by atoms with Crippen molar-refractivity contribution in [3.05, 3.63) is 34.0 Å². The van der Waals surface area contributed by atoms with Gasteiger partial charge in [-0.1, -0.05) is 6.92 Å². The van der Waals surface area contributed by atoms with Crippen LogP contribution >= 0.6 is 11.3 Å². The standard InChI is InChI=1S/C17H24N6OS/c1-3-15-21-13(2)14(25-15)12-20-17(24)23-9-5-8-22(10-11-23)16-18-6-4-7-19-16/h4,6-7H,3,5,8-12H2,1-2H3,(H,20,24). The summed E-state index contributed by atoms with van der Waals surface area (Å²) in [6.07, 6.45) is 5.34. The molecule has 7 nitrogen and oxygen atoms in total. The van der Waals surface area contributed by atoms with E-state index >= 15 is 0 Å². The Morgan fingerprint density at radius 1 is 1.24 bits per heavy atom. The van der Waals surface area contributed by atoms with Crippen molar-refractivity contribution in [2.45, 2.75) is 33.2 Å². The molecule has 2 aromatic heterocycles. The molecular weight excluding hydrogens is 336 g/mol. The van der Waals surface area contributed by atoms with Gasteiger partial charge in [0.2, 0.25) is 5.95 Å². The Kier molecular flexibility index (Phi) is 5.80. The van der Waals surface area contributed by atoms with Crippen LogP contribution in [-0.2, 0) is 13.0 Å². The molecule has 25 heavy (non-hydrogen) atoms. The van der Waals surface area contributed by atoms with Crippen molar-refractivity contribution < 1.29 is 4.79 Å². The van der Waals surface area contributed by atoms with E-state index in [9.17, 15) is 4.79 Å². The molecule has 1 aliphatic heterocycles. The Balaban J connectivity index is 1.53. The maximum Gasteiger partial charge on any atom is 0.317 e. The molecule has 134 valence electrons. The van der Waals surface area contributed by atoms with E-state index in [2.05, 4.69) is 32.1 Å². The number of hydrogen-bond acceptors (Lipinski definition) is 6. The first kappa shape index (κ1) is 17.6. The average Bonchev–Trinajstić information content (AvgIpc) is 2.84. The number of aryl methyl sites for hydroxylation is 2. The molecule has 1 aliphatic rings. The molecule has 0 bridgehead atoms. The van der Waals surface area contributed by atoms with Crippen LogP contribution in [-0.4, -0.2) is 52.1 Å². The number of nitrogens with one attached hydrogen (secondary N) is 1. The van der Waals surface area contributed by atoms with Crippen molar-refractivity contribution in [1.82, 2.24) is 25.2 Å². The third-order valence-corrected chi connectivity index (χ3v) is 5.56. The normalized spacial score (nSPS) is 15.1. The van der Waals surface area contributed by atoms with Gasteiger partial charge in [-0.15, -0.1) is 11.3 Å².